The van der Waals surface area contributed by atoms with Gasteiger partial charge in [0, 0.05) is 25.3 Å². The highest BCUT2D eigenvalue weighted by atomic mass is 16.5. The molecule has 1 saturated carbocycles. The smallest absolute Gasteiger partial charge is 0.0865 e. The molecule has 0 saturated heterocycles. The van der Waals surface area contributed by atoms with Gasteiger partial charge in [0.15, 0.2) is 0 Å². The van der Waals surface area contributed by atoms with Crippen molar-refractivity contribution in [1.29, 1.82) is 0 Å². The van der Waals surface area contributed by atoms with E-state index in [-0.39, 0.29) is 6.10 Å². The lowest BCUT2D eigenvalue weighted by Gasteiger charge is -2.33. The van der Waals surface area contributed by atoms with Crippen LogP contribution in [0.1, 0.15) is 57.3 Å². The molecule has 4 heteroatoms. The Bertz CT molecular complexity index is 424. The first-order valence-electron chi connectivity index (χ1n) is 8.48. The SMILES string of the molecule is CCOC(C(O)Cc1cc(C)nn1CC)C1CCCCC1. The highest BCUT2D eigenvalue weighted by Gasteiger charge is 2.30. The molecule has 2 atom stereocenters. The first kappa shape index (κ1) is 16.5. The summed E-state index contributed by atoms with van der Waals surface area (Å²) in [4.78, 5) is 0. The number of nitrogens with zero attached hydrogens (tertiary/aromatic N) is 2. The monoisotopic (exact) mass is 294 g/mol. The zero-order valence-corrected chi connectivity index (χ0v) is 13.7. The van der Waals surface area contributed by atoms with E-state index in [9.17, 15) is 5.11 Å². The first-order valence-corrected chi connectivity index (χ1v) is 8.48. The van der Waals surface area contributed by atoms with Crippen LogP contribution >= 0.6 is 0 Å². The molecule has 1 aliphatic carbocycles. The number of aliphatic hydroxyl groups is 1. The molecule has 0 aromatic carbocycles. The quantitative estimate of drug-likeness (QED) is 0.840. The minimum Gasteiger partial charge on any atom is -0.390 e. The Morgan fingerprint density at radius 3 is 2.67 bits per heavy atom. The van der Waals surface area contributed by atoms with E-state index in [4.69, 9.17) is 4.74 Å². The number of rotatable bonds is 7. The Morgan fingerprint density at radius 2 is 2.05 bits per heavy atom. The fourth-order valence-corrected chi connectivity index (χ4v) is 3.58. The van der Waals surface area contributed by atoms with Crippen LogP contribution in [-0.2, 0) is 17.7 Å². The Kier molecular flexibility index (Phi) is 6.24. The topological polar surface area (TPSA) is 47.3 Å². The van der Waals surface area contributed by atoms with Crippen LogP contribution in [0, 0.1) is 12.8 Å². The van der Waals surface area contributed by atoms with Crippen LogP contribution < -0.4 is 0 Å². The van der Waals surface area contributed by atoms with Crippen molar-refractivity contribution in [1.82, 2.24) is 9.78 Å². The van der Waals surface area contributed by atoms with Crippen LogP contribution in [0.3, 0.4) is 0 Å². The second-order valence-corrected chi connectivity index (χ2v) is 6.18. The van der Waals surface area contributed by atoms with Crippen LogP contribution in [0.25, 0.3) is 0 Å². The summed E-state index contributed by atoms with van der Waals surface area (Å²) in [6.07, 6.45) is 6.41. The van der Waals surface area contributed by atoms with E-state index in [2.05, 4.69) is 18.1 Å². The number of hydrogen-bond donors (Lipinski definition) is 1. The third-order valence-electron chi connectivity index (χ3n) is 4.56. The largest absolute Gasteiger partial charge is 0.390 e. The van der Waals surface area contributed by atoms with Gasteiger partial charge in [0.2, 0.25) is 0 Å². The molecule has 2 rings (SSSR count). The normalized spacial score (nSPS) is 19.6. The molecule has 1 aromatic rings. The van der Waals surface area contributed by atoms with Crippen molar-refractivity contribution >= 4 is 0 Å². The lowest BCUT2D eigenvalue weighted by atomic mass is 9.82. The molecule has 1 fully saturated rings. The molecule has 1 heterocycles. The minimum atomic E-state index is -0.436. The van der Waals surface area contributed by atoms with Crippen molar-refractivity contribution in [2.45, 2.75) is 78.0 Å². The maximum atomic E-state index is 10.7. The first-order chi connectivity index (χ1) is 10.2. The van der Waals surface area contributed by atoms with Gasteiger partial charge in [-0.25, -0.2) is 0 Å². The van der Waals surface area contributed by atoms with E-state index in [1.807, 2.05) is 18.5 Å². The highest BCUT2D eigenvalue weighted by molar-refractivity contribution is 5.10. The minimum absolute atomic E-state index is 0.0317. The molecule has 4 nitrogen and oxygen atoms in total. The van der Waals surface area contributed by atoms with E-state index in [1.165, 1.54) is 32.1 Å². The van der Waals surface area contributed by atoms with Crippen LogP contribution in [-0.4, -0.2) is 33.7 Å². The molecule has 0 spiro atoms. The van der Waals surface area contributed by atoms with E-state index in [1.54, 1.807) is 0 Å². The summed E-state index contributed by atoms with van der Waals surface area (Å²) in [6, 6.07) is 2.08. The number of hydrogen-bond acceptors (Lipinski definition) is 3. The van der Waals surface area contributed by atoms with Crippen molar-refractivity contribution in [3.05, 3.63) is 17.5 Å². The second kappa shape index (κ2) is 7.95. The third kappa shape index (κ3) is 4.30. The summed E-state index contributed by atoms with van der Waals surface area (Å²) >= 11 is 0. The van der Waals surface area contributed by atoms with Gasteiger partial charge in [-0.1, -0.05) is 19.3 Å². The Morgan fingerprint density at radius 1 is 1.33 bits per heavy atom. The molecule has 0 bridgehead atoms. The van der Waals surface area contributed by atoms with Crippen molar-refractivity contribution in [2.24, 2.45) is 5.92 Å². The van der Waals surface area contributed by atoms with Gasteiger partial charge in [0.1, 0.15) is 0 Å². The molecule has 0 amide bonds. The summed E-state index contributed by atoms with van der Waals surface area (Å²) in [6.45, 7) is 7.62. The number of ether oxygens (including phenoxy) is 1. The van der Waals surface area contributed by atoms with Crippen molar-refractivity contribution in [3.63, 3.8) is 0 Å². The van der Waals surface area contributed by atoms with Crippen molar-refractivity contribution < 1.29 is 9.84 Å². The number of aryl methyl sites for hydroxylation is 2. The van der Waals surface area contributed by atoms with Gasteiger partial charge in [-0.05, 0) is 45.6 Å². The highest BCUT2D eigenvalue weighted by Crippen LogP contribution is 2.30. The summed E-state index contributed by atoms with van der Waals surface area (Å²) in [7, 11) is 0. The molecule has 1 aromatic heterocycles. The Balaban J connectivity index is 2.04. The molecule has 0 radical (unpaired) electrons. The standard InChI is InChI=1S/C17H30N2O2/c1-4-19-15(11-13(3)18-19)12-16(20)17(21-5-2)14-9-7-6-8-10-14/h11,14,16-17,20H,4-10,12H2,1-3H3. The van der Waals surface area contributed by atoms with Crippen LogP contribution in [0.15, 0.2) is 6.07 Å². The molecule has 120 valence electrons. The lowest BCUT2D eigenvalue weighted by Crippen LogP contribution is -2.39. The summed E-state index contributed by atoms with van der Waals surface area (Å²) in [5.41, 5.74) is 2.13. The zero-order chi connectivity index (χ0) is 15.2. The molecular formula is C17H30N2O2. The van der Waals surface area contributed by atoms with E-state index >= 15 is 0 Å². The van der Waals surface area contributed by atoms with E-state index < -0.39 is 6.10 Å². The molecular weight excluding hydrogens is 264 g/mol. The molecule has 1 aliphatic rings. The maximum Gasteiger partial charge on any atom is 0.0865 e. The Hall–Kier alpha value is -0.870. The van der Waals surface area contributed by atoms with Gasteiger partial charge in [-0.3, -0.25) is 4.68 Å². The van der Waals surface area contributed by atoms with Crippen molar-refractivity contribution in [3.8, 4) is 0 Å². The maximum absolute atomic E-state index is 10.7. The fraction of sp³-hybridized carbons (Fsp3) is 0.824. The van der Waals surface area contributed by atoms with Crippen LogP contribution in [0.5, 0.6) is 0 Å². The number of aromatic nitrogens is 2. The van der Waals surface area contributed by atoms with E-state index in [0.29, 0.717) is 18.9 Å². The fourth-order valence-electron chi connectivity index (χ4n) is 3.58. The van der Waals surface area contributed by atoms with E-state index in [0.717, 1.165) is 17.9 Å². The van der Waals surface area contributed by atoms with Gasteiger partial charge in [-0.15, -0.1) is 0 Å². The molecule has 21 heavy (non-hydrogen) atoms. The van der Waals surface area contributed by atoms with Crippen molar-refractivity contribution in [2.75, 3.05) is 6.61 Å². The predicted octanol–water partition coefficient (Wildman–Crippen LogP) is 3.10. The summed E-state index contributed by atoms with van der Waals surface area (Å²) in [5.74, 6) is 0.507. The van der Waals surface area contributed by atoms with Gasteiger partial charge in [0.25, 0.3) is 0 Å². The summed E-state index contributed by atoms with van der Waals surface area (Å²) in [5, 5.41) is 15.2. The Labute approximate surface area is 128 Å². The van der Waals surface area contributed by atoms with Gasteiger partial charge in [0.05, 0.1) is 17.9 Å². The predicted molar refractivity (Wildman–Crippen MR) is 84.3 cm³/mol. The van der Waals surface area contributed by atoms with Gasteiger partial charge >= 0.3 is 0 Å². The van der Waals surface area contributed by atoms with Crippen LogP contribution in [0.4, 0.5) is 0 Å². The lowest BCUT2D eigenvalue weighted by molar-refractivity contribution is -0.0721. The second-order valence-electron chi connectivity index (χ2n) is 6.18. The molecule has 2 unspecified atom stereocenters. The summed E-state index contributed by atoms with van der Waals surface area (Å²) < 4.78 is 7.90. The average Bonchev–Trinajstić information content (AvgIpc) is 2.85. The van der Waals surface area contributed by atoms with Gasteiger partial charge < -0.3 is 9.84 Å². The molecule has 1 N–H and O–H groups in total. The van der Waals surface area contributed by atoms with Gasteiger partial charge in [-0.2, -0.15) is 5.10 Å². The molecule has 0 aliphatic heterocycles. The zero-order valence-electron chi connectivity index (χ0n) is 13.7. The average molecular weight is 294 g/mol. The van der Waals surface area contributed by atoms with Crippen LogP contribution in [0.2, 0.25) is 0 Å². The number of aliphatic hydroxyl groups excluding tert-OH is 1. The third-order valence-corrected chi connectivity index (χ3v) is 4.56.